The van der Waals surface area contributed by atoms with Crippen LogP contribution in [0.2, 0.25) is 19.6 Å². The van der Waals surface area contributed by atoms with Crippen molar-refractivity contribution in [2.75, 3.05) is 21.3 Å². The zero-order chi connectivity index (χ0) is 19.5. The van der Waals surface area contributed by atoms with Crippen LogP contribution in [0.1, 0.15) is 5.56 Å². The summed E-state index contributed by atoms with van der Waals surface area (Å²) < 4.78 is 15.0. The molecule has 0 spiro atoms. The molecule has 0 amide bonds. The monoisotopic (exact) mass is 372 g/mol. The second-order valence-corrected chi connectivity index (χ2v) is 11.8. The molecule has 0 saturated heterocycles. The van der Waals surface area contributed by atoms with Gasteiger partial charge in [-0.15, -0.1) is 5.54 Å². The molecule has 0 fully saturated rings. The second kappa shape index (κ2) is 7.79. The fraction of sp³-hybridized carbons (Fsp3) is 0.400. The Bertz CT molecular complexity index is 790. The molecule has 5 nitrogen and oxygen atoms in total. The maximum Gasteiger partial charge on any atom is 0.315 e. The second-order valence-electron chi connectivity index (χ2n) is 7.06. The molecule has 0 radical (unpaired) electrons. The van der Waals surface area contributed by atoms with Crippen LogP contribution in [0, 0.1) is 23.3 Å². The lowest BCUT2D eigenvalue weighted by Gasteiger charge is -2.36. The molecule has 2 atom stereocenters. The van der Waals surface area contributed by atoms with Gasteiger partial charge in [0, 0.05) is 5.57 Å². The highest BCUT2D eigenvalue weighted by atomic mass is 28.3. The summed E-state index contributed by atoms with van der Waals surface area (Å²) in [5.74, 6) is 1.49. The molecule has 2 rings (SSSR count). The first-order valence-corrected chi connectivity index (χ1v) is 11.8. The molecule has 1 aliphatic rings. The van der Waals surface area contributed by atoms with Gasteiger partial charge in [-0.2, -0.15) is 0 Å². The van der Waals surface area contributed by atoms with Crippen LogP contribution < -0.4 is 4.74 Å². The zero-order valence-electron chi connectivity index (χ0n) is 16.0. The third-order valence-electron chi connectivity index (χ3n) is 4.13. The molecular weight excluding hydrogens is 348 g/mol. The normalized spacial score (nSPS) is 19.0. The third kappa shape index (κ3) is 4.00. The summed E-state index contributed by atoms with van der Waals surface area (Å²) in [5, 5.41) is 0. The van der Waals surface area contributed by atoms with E-state index in [0.717, 1.165) is 11.1 Å². The maximum atomic E-state index is 12.4. The van der Waals surface area contributed by atoms with Gasteiger partial charge < -0.3 is 14.2 Å². The summed E-state index contributed by atoms with van der Waals surface area (Å²) in [5.41, 5.74) is 5.46. The first-order valence-electron chi connectivity index (χ1n) is 8.30. The Kier molecular flexibility index (Phi) is 5.93. The number of hydrogen-bond acceptors (Lipinski definition) is 5. The van der Waals surface area contributed by atoms with Crippen LogP contribution in [0.25, 0.3) is 5.57 Å². The smallest absolute Gasteiger partial charge is 0.315 e. The maximum absolute atomic E-state index is 12.4. The molecule has 0 N–H and O–H groups in total. The number of methoxy groups -OCH3 is 3. The highest BCUT2D eigenvalue weighted by molar-refractivity contribution is 6.83. The van der Waals surface area contributed by atoms with Gasteiger partial charge in [-0.1, -0.05) is 37.7 Å². The number of ether oxygens (including phenoxy) is 3. The average Bonchev–Trinajstić information content (AvgIpc) is 2.59. The lowest BCUT2D eigenvalue weighted by Crippen LogP contribution is -2.42. The van der Waals surface area contributed by atoms with Gasteiger partial charge in [0.25, 0.3) is 0 Å². The molecule has 0 unspecified atom stereocenters. The molecule has 138 valence electrons. The van der Waals surface area contributed by atoms with E-state index >= 15 is 0 Å². The van der Waals surface area contributed by atoms with E-state index in [1.165, 1.54) is 14.2 Å². The summed E-state index contributed by atoms with van der Waals surface area (Å²) in [6.07, 6.45) is 0. The summed E-state index contributed by atoms with van der Waals surface area (Å²) >= 11 is 0. The molecular formula is C20H24O5Si. The van der Waals surface area contributed by atoms with Gasteiger partial charge in [0.2, 0.25) is 0 Å². The van der Waals surface area contributed by atoms with Gasteiger partial charge in [0.05, 0.1) is 21.3 Å². The van der Waals surface area contributed by atoms with E-state index in [2.05, 4.69) is 31.1 Å². The van der Waals surface area contributed by atoms with Crippen LogP contribution in [0.3, 0.4) is 0 Å². The van der Waals surface area contributed by atoms with Crippen LogP contribution >= 0.6 is 0 Å². The summed E-state index contributed by atoms with van der Waals surface area (Å²) in [7, 11) is 2.55. The quantitative estimate of drug-likeness (QED) is 0.462. The zero-order valence-corrected chi connectivity index (χ0v) is 17.0. The van der Waals surface area contributed by atoms with Crippen molar-refractivity contribution < 1.29 is 23.8 Å². The third-order valence-corrected chi connectivity index (χ3v) is 5.00. The van der Waals surface area contributed by atoms with Crippen LogP contribution in [-0.2, 0) is 19.1 Å². The minimum absolute atomic E-state index is 0.468. The molecule has 0 bridgehead atoms. The van der Waals surface area contributed by atoms with Crippen molar-refractivity contribution in [2.45, 2.75) is 19.6 Å². The Morgan fingerprint density at radius 3 is 1.92 bits per heavy atom. The summed E-state index contributed by atoms with van der Waals surface area (Å²) in [4.78, 5) is 24.6. The topological polar surface area (TPSA) is 61.8 Å². The van der Waals surface area contributed by atoms with Gasteiger partial charge in [-0.05, 0) is 23.3 Å². The van der Waals surface area contributed by atoms with Crippen molar-refractivity contribution >= 4 is 25.6 Å². The molecule has 0 aliphatic heterocycles. The van der Waals surface area contributed by atoms with Gasteiger partial charge in [0.15, 0.2) is 0 Å². The molecule has 0 heterocycles. The highest BCUT2D eigenvalue weighted by Crippen LogP contribution is 2.48. The minimum Gasteiger partial charge on any atom is -0.497 e. The van der Waals surface area contributed by atoms with Crippen LogP contribution in [0.4, 0.5) is 0 Å². The van der Waals surface area contributed by atoms with E-state index in [9.17, 15) is 9.59 Å². The van der Waals surface area contributed by atoms with E-state index in [1.807, 2.05) is 24.3 Å². The lowest BCUT2D eigenvalue weighted by molar-refractivity contribution is -0.154. The van der Waals surface area contributed by atoms with Gasteiger partial charge in [0.1, 0.15) is 25.7 Å². The first-order chi connectivity index (χ1) is 12.2. The van der Waals surface area contributed by atoms with Crippen LogP contribution in [0.5, 0.6) is 5.75 Å². The molecule has 0 saturated carbocycles. The molecule has 0 aromatic heterocycles. The molecule has 1 aliphatic carbocycles. The van der Waals surface area contributed by atoms with Crippen molar-refractivity contribution in [3.8, 4) is 17.2 Å². The van der Waals surface area contributed by atoms with Crippen molar-refractivity contribution in [3.63, 3.8) is 0 Å². The first kappa shape index (κ1) is 19.8. The lowest BCUT2D eigenvalue weighted by atomic mass is 9.65. The van der Waals surface area contributed by atoms with Crippen LogP contribution in [0.15, 0.2) is 29.8 Å². The molecule has 1 aromatic rings. The van der Waals surface area contributed by atoms with Gasteiger partial charge in [-0.25, -0.2) is 0 Å². The standard InChI is InChI=1S/C20H24O5Si/c1-23-14-9-7-13(8-10-14)16-15(11-12-26(4,5)6)17(19(21)24-2)18(16)20(22)25-3/h7-10,17-18H,1-6H3/t17-,18-/m1/s1. The van der Waals surface area contributed by atoms with E-state index in [-0.39, 0.29) is 0 Å². The molecule has 26 heavy (non-hydrogen) atoms. The van der Waals surface area contributed by atoms with Crippen LogP contribution in [-0.4, -0.2) is 41.3 Å². The number of esters is 2. The summed E-state index contributed by atoms with van der Waals surface area (Å²) in [6, 6.07) is 7.33. The minimum atomic E-state index is -1.66. The Morgan fingerprint density at radius 2 is 1.46 bits per heavy atom. The molecule has 6 heteroatoms. The Labute approximate surface area is 155 Å². The van der Waals surface area contributed by atoms with Crippen molar-refractivity contribution in [1.29, 1.82) is 0 Å². The summed E-state index contributed by atoms with van der Waals surface area (Å²) in [6.45, 7) is 6.37. The van der Waals surface area contributed by atoms with E-state index in [0.29, 0.717) is 11.3 Å². The van der Waals surface area contributed by atoms with Crippen molar-refractivity contribution in [2.24, 2.45) is 11.8 Å². The molecule has 1 aromatic carbocycles. The SMILES string of the molecule is COC(=O)[C@@H]1C(C#C[Si](C)(C)C)=C(c2ccc(OC)cc2)[C@H]1C(=O)OC. The van der Waals surface area contributed by atoms with E-state index in [4.69, 9.17) is 14.2 Å². The number of carbonyl (C=O) groups is 2. The predicted molar refractivity (Wildman–Crippen MR) is 102 cm³/mol. The Morgan fingerprint density at radius 1 is 0.923 bits per heavy atom. The van der Waals surface area contributed by atoms with Gasteiger partial charge >= 0.3 is 11.9 Å². The van der Waals surface area contributed by atoms with E-state index < -0.39 is 31.8 Å². The van der Waals surface area contributed by atoms with Crippen molar-refractivity contribution in [3.05, 3.63) is 35.4 Å². The fourth-order valence-electron chi connectivity index (χ4n) is 2.84. The fourth-order valence-corrected chi connectivity index (χ4v) is 3.35. The Balaban J connectivity index is 2.62. The number of hydrogen-bond donors (Lipinski definition) is 0. The largest absolute Gasteiger partial charge is 0.497 e. The predicted octanol–water partition coefficient (Wildman–Crippen LogP) is 2.92. The van der Waals surface area contributed by atoms with Gasteiger partial charge in [-0.3, -0.25) is 9.59 Å². The highest BCUT2D eigenvalue weighted by Gasteiger charge is 2.50. The Hall–Kier alpha value is -2.52. The van der Waals surface area contributed by atoms with E-state index in [1.54, 1.807) is 7.11 Å². The average molecular weight is 372 g/mol. The van der Waals surface area contributed by atoms with Crippen molar-refractivity contribution in [1.82, 2.24) is 0 Å². The number of benzene rings is 1. The number of rotatable bonds is 4. The number of carbonyl (C=O) groups excluding carboxylic acids is 2.